The van der Waals surface area contributed by atoms with Crippen LogP contribution in [0.3, 0.4) is 0 Å². The number of rotatable bonds is 11. The third kappa shape index (κ3) is 8.03. The standard InChI is InChI=1S/C17H32N4O6S/c1-7(2)11(18)15(24)19-10(6-28)14(23)20-12(8(3)4)16(25)21-13(9(5)22)17(26)27/h7-13,22,28H,6,18H2,1-5H3,(H,19,24)(H,20,23)(H,21,25)(H,26,27). The number of aliphatic carboxylic acids is 1. The molecular weight excluding hydrogens is 388 g/mol. The lowest BCUT2D eigenvalue weighted by atomic mass is 10.0. The normalized spacial score (nSPS) is 16.6. The number of amides is 3. The van der Waals surface area contributed by atoms with Crippen molar-refractivity contribution in [1.29, 1.82) is 0 Å². The van der Waals surface area contributed by atoms with E-state index in [0.29, 0.717) is 0 Å². The van der Waals surface area contributed by atoms with Gasteiger partial charge >= 0.3 is 5.97 Å². The van der Waals surface area contributed by atoms with Gasteiger partial charge in [0.2, 0.25) is 17.7 Å². The molecule has 0 aromatic heterocycles. The van der Waals surface area contributed by atoms with Crippen LogP contribution >= 0.6 is 12.6 Å². The molecule has 0 radical (unpaired) electrons. The topological polar surface area (TPSA) is 171 Å². The number of carbonyl (C=O) groups excluding carboxylic acids is 3. The van der Waals surface area contributed by atoms with E-state index in [1.54, 1.807) is 27.7 Å². The summed E-state index contributed by atoms with van der Waals surface area (Å²) in [6.45, 7) is 8.07. The molecule has 0 rings (SSSR count). The van der Waals surface area contributed by atoms with E-state index in [1.165, 1.54) is 6.92 Å². The molecule has 11 heteroatoms. The molecule has 0 aromatic carbocycles. The lowest BCUT2D eigenvalue weighted by Crippen LogP contribution is -2.60. The van der Waals surface area contributed by atoms with Gasteiger partial charge in [-0.25, -0.2) is 4.79 Å². The van der Waals surface area contributed by atoms with Gasteiger partial charge in [-0.15, -0.1) is 0 Å². The average molecular weight is 421 g/mol. The molecule has 3 amide bonds. The fourth-order valence-electron chi connectivity index (χ4n) is 2.19. The number of carbonyl (C=O) groups is 4. The third-order valence-electron chi connectivity index (χ3n) is 4.13. The second-order valence-corrected chi connectivity index (χ2v) is 7.67. The fraction of sp³-hybridized carbons (Fsp3) is 0.765. The number of aliphatic hydroxyl groups is 1. The van der Waals surface area contributed by atoms with Crippen molar-refractivity contribution in [2.75, 3.05) is 5.75 Å². The van der Waals surface area contributed by atoms with E-state index < -0.39 is 54.0 Å². The second kappa shape index (κ2) is 11.9. The zero-order valence-corrected chi connectivity index (χ0v) is 17.7. The van der Waals surface area contributed by atoms with Crippen molar-refractivity contribution in [3.8, 4) is 0 Å². The Morgan fingerprint density at radius 2 is 1.36 bits per heavy atom. The van der Waals surface area contributed by atoms with Crippen molar-refractivity contribution >= 4 is 36.3 Å². The van der Waals surface area contributed by atoms with E-state index in [2.05, 4.69) is 28.6 Å². The SMILES string of the molecule is CC(C)C(N)C(=O)NC(CS)C(=O)NC(C(=O)NC(C(=O)O)C(C)O)C(C)C. The third-order valence-corrected chi connectivity index (χ3v) is 4.49. The Balaban J connectivity index is 5.20. The molecule has 0 heterocycles. The molecule has 162 valence electrons. The quantitative estimate of drug-likeness (QED) is 0.199. The van der Waals surface area contributed by atoms with Gasteiger partial charge in [-0.3, -0.25) is 14.4 Å². The summed E-state index contributed by atoms with van der Waals surface area (Å²) in [7, 11) is 0. The molecule has 28 heavy (non-hydrogen) atoms. The Kier molecular flexibility index (Phi) is 11.1. The van der Waals surface area contributed by atoms with E-state index in [9.17, 15) is 24.3 Å². The Labute approximate surface area is 170 Å². The summed E-state index contributed by atoms with van der Waals surface area (Å²) in [5, 5.41) is 25.8. The predicted molar refractivity (Wildman–Crippen MR) is 107 cm³/mol. The second-order valence-electron chi connectivity index (χ2n) is 7.31. The van der Waals surface area contributed by atoms with Crippen LogP contribution in [0.4, 0.5) is 0 Å². The van der Waals surface area contributed by atoms with E-state index in [-0.39, 0.29) is 17.6 Å². The molecule has 5 atom stereocenters. The molecule has 0 saturated carbocycles. The Hall–Kier alpha value is -1.85. The van der Waals surface area contributed by atoms with Crippen LogP contribution in [0.2, 0.25) is 0 Å². The smallest absolute Gasteiger partial charge is 0.328 e. The number of aliphatic hydroxyl groups excluding tert-OH is 1. The largest absolute Gasteiger partial charge is 0.480 e. The van der Waals surface area contributed by atoms with Crippen LogP contribution < -0.4 is 21.7 Å². The minimum absolute atomic E-state index is 0.0275. The predicted octanol–water partition coefficient (Wildman–Crippen LogP) is -1.52. The first-order chi connectivity index (χ1) is 12.8. The number of carboxylic acid groups (broad SMARTS) is 1. The molecule has 0 aromatic rings. The average Bonchev–Trinajstić information content (AvgIpc) is 2.59. The first-order valence-corrected chi connectivity index (χ1v) is 9.65. The van der Waals surface area contributed by atoms with Crippen molar-refractivity contribution in [1.82, 2.24) is 16.0 Å². The molecule has 0 aliphatic carbocycles. The van der Waals surface area contributed by atoms with E-state index in [0.717, 1.165) is 0 Å². The van der Waals surface area contributed by atoms with Crippen molar-refractivity contribution in [2.45, 2.75) is 64.9 Å². The van der Waals surface area contributed by atoms with Gasteiger partial charge < -0.3 is 31.9 Å². The Bertz CT molecular complexity index is 570. The molecule has 0 spiro atoms. The maximum absolute atomic E-state index is 12.5. The zero-order chi connectivity index (χ0) is 22.2. The minimum atomic E-state index is -1.52. The number of hydrogen-bond acceptors (Lipinski definition) is 7. The molecular formula is C17H32N4O6S. The van der Waals surface area contributed by atoms with Gasteiger partial charge in [0.15, 0.2) is 6.04 Å². The molecule has 10 nitrogen and oxygen atoms in total. The summed E-state index contributed by atoms with van der Waals surface area (Å²) in [4.78, 5) is 48.2. The van der Waals surface area contributed by atoms with Gasteiger partial charge in [0.1, 0.15) is 12.1 Å². The van der Waals surface area contributed by atoms with Crippen molar-refractivity contribution in [3.05, 3.63) is 0 Å². The van der Waals surface area contributed by atoms with Crippen LogP contribution in [0.5, 0.6) is 0 Å². The van der Waals surface area contributed by atoms with E-state index >= 15 is 0 Å². The van der Waals surface area contributed by atoms with Gasteiger partial charge in [0, 0.05) is 5.75 Å². The highest BCUT2D eigenvalue weighted by molar-refractivity contribution is 7.80. The van der Waals surface area contributed by atoms with Gasteiger partial charge in [-0.05, 0) is 18.8 Å². The summed E-state index contributed by atoms with van der Waals surface area (Å²) in [6.07, 6.45) is -1.33. The molecule has 7 N–H and O–H groups in total. The zero-order valence-electron chi connectivity index (χ0n) is 16.8. The monoisotopic (exact) mass is 420 g/mol. The summed E-state index contributed by atoms with van der Waals surface area (Å²) in [5.74, 6) is -3.89. The van der Waals surface area contributed by atoms with Crippen molar-refractivity contribution in [2.24, 2.45) is 17.6 Å². The highest BCUT2D eigenvalue weighted by atomic mass is 32.1. The lowest BCUT2D eigenvalue weighted by molar-refractivity contribution is -0.145. The van der Waals surface area contributed by atoms with Gasteiger partial charge in [0.25, 0.3) is 0 Å². The summed E-state index contributed by atoms with van der Waals surface area (Å²) >= 11 is 4.06. The maximum atomic E-state index is 12.5. The van der Waals surface area contributed by atoms with Crippen LogP contribution in [-0.2, 0) is 19.2 Å². The van der Waals surface area contributed by atoms with Crippen molar-refractivity contribution in [3.63, 3.8) is 0 Å². The van der Waals surface area contributed by atoms with Gasteiger partial charge in [-0.1, -0.05) is 27.7 Å². The minimum Gasteiger partial charge on any atom is -0.480 e. The molecule has 0 saturated heterocycles. The first-order valence-electron chi connectivity index (χ1n) is 9.01. The highest BCUT2D eigenvalue weighted by Crippen LogP contribution is 2.06. The Morgan fingerprint density at radius 3 is 1.71 bits per heavy atom. The fourth-order valence-corrected chi connectivity index (χ4v) is 2.44. The summed E-state index contributed by atoms with van der Waals surface area (Å²) < 4.78 is 0. The summed E-state index contributed by atoms with van der Waals surface area (Å²) in [5.41, 5.74) is 5.76. The highest BCUT2D eigenvalue weighted by Gasteiger charge is 2.33. The van der Waals surface area contributed by atoms with Gasteiger partial charge in [0.05, 0.1) is 12.1 Å². The van der Waals surface area contributed by atoms with Crippen LogP contribution in [-0.4, -0.2) is 69.9 Å². The van der Waals surface area contributed by atoms with Crippen LogP contribution in [0.15, 0.2) is 0 Å². The molecule has 0 fully saturated rings. The molecule has 0 aliphatic rings. The maximum Gasteiger partial charge on any atom is 0.328 e. The van der Waals surface area contributed by atoms with Crippen LogP contribution in [0.1, 0.15) is 34.6 Å². The van der Waals surface area contributed by atoms with E-state index in [4.69, 9.17) is 10.8 Å². The number of nitrogens with one attached hydrogen (secondary N) is 3. The number of carboxylic acids is 1. The Morgan fingerprint density at radius 1 is 0.857 bits per heavy atom. The van der Waals surface area contributed by atoms with E-state index in [1.807, 2.05) is 0 Å². The number of thiol groups is 1. The number of hydrogen-bond donors (Lipinski definition) is 7. The van der Waals surface area contributed by atoms with Crippen LogP contribution in [0, 0.1) is 11.8 Å². The molecule has 5 unspecified atom stereocenters. The number of nitrogens with two attached hydrogens (primary N) is 1. The van der Waals surface area contributed by atoms with Crippen LogP contribution in [0.25, 0.3) is 0 Å². The molecule has 0 aliphatic heterocycles. The van der Waals surface area contributed by atoms with Gasteiger partial charge in [-0.2, -0.15) is 12.6 Å². The summed E-state index contributed by atoms with van der Waals surface area (Å²) in [6, 6.07) is -4.43. The van der Waals surface area contributed by atoms with Crippen molar-refractivity contribution < 1.29 is 29.4 Å². The lowest BCUT2D eigenvalue weighted by Gasteiger charge is -2.27. The molecule has 0 bridgehead atoms. The first kappa shape index (κ1) is 26.1.